The van der Waals surface area contributed by atoms with Gasteiger partial charge in [0.05, 0.1) is 17.9 Å². The van der Waals surface area contributed by atoms with Crippen LogP contribution in [0.2, 0.25) is 0 Å². The molecule has 0 radical (unpaired) electrons. The highest BCUT2D eigenvalue weighted by atomic mass is 19.4. The smallest absolute Gasteiger partial charge is 0.416 e. The number of H-pyrrole nitrogens is 1. The highest BCUT2D eigenvalue weighted by Crippen LogP contribution is 2.33. The van der Waals surface area contributed by atoms with Crippen LogP contribution in [-0.4, -0.2) is 48.8 Å². The normalized spacial score (nSPS) is 10.8. The molecule has 0 amide bonds. The number of rotatable bonds is 7. The molecule has 10 heteroatoms. The van der Waals surface area contributed by atoms with Gasteiger partial charge in [-0.25, -0.2) is 4.98 Å². The maximum Gasteiger partial charge on any atom is 0.416 e. The largest absolute Gasteiger partial charge is 0.455 e. The summed E-state index contributed by atoms with van der Waals surface area (Å²) in [6, 6.07) is 8.89. The number of halogens is 3. The summed E-state index contributed by atoms with van der Waals surface area (Å²) in [4.78, 5) is 15.0. The number of aromatic amines is 1. The van der Waals surface area contributed by atoms with Crippen LogP contribution in [0, 0.1) is 0 Å². The molecule has 2 N–H and O–H groups in total. The lowest BCUT2D eigenvalue weighted by molar-refractivity contribution is -0.137. The van der Waals surface area contributed by atoms with Crippen molar-refractivity contribution in [1.29, 1.82) is 0 Å². The maximum absolute atomic E-state index is 12.6. The summed E-state index contributed by atoms with van der Waals surface area (Å²) in [6.07, 6.45) is -2.32. The predicted molar refractivity (Wildman–Crippen MR) is 105 cm³/mol. The second kappa shape index (κ2) is 11.1. The fourth-order valence-electron chi connectivity index (χ4n) is 2.23. The Morgan fingerprint density at radius 2 is 1.87 bits per heavy atom. The monoisotopic (exact) mass is 422 g/mol. The number of methoxy groups -OCH3 is 1. The molecule has 0 atom stereocenters. The predicted octanol–water partition coefficient (Wildman–Crippen LogP) is 3.95. The molecule has 7 nitrogen and oxygen atoms in total. The molecular weight excluding hydrogens is 401 g/mol. The lowest BCUT2D eigenvalue weighted by Gasteiger charge is -2.11. The zero-order valence-corrected chi connectivity index (χ0v) is 16.4. The number of carbonyl (C=O) groups is 1. The SMILES string of the molecule is CNCCOC.O=Cc1ccc(Oc2ccc(C(F)(F)F)cc2)c(-c2ccn[nH]2)n1. The van der Waals surface area contributed by atoms with Crippen molar-refractivity contribution in [3.05, 3.63) is 59.9 Å². The first-order valence-electron chi connectivity index (χ1n) is 8.83. The van der Waals surface area contributed by atoms with Gasteiger partial charge in [-0.3, -0.25) is 9.89 Å². The number of hydrogen-bond acceptors (Lipinski definition) is 6. The third kappa shape index (κ3) is 6.68. The van der Waals surface area contributed by atoms with Crippen LogP contribution in [0.1, 0.15) is 16.1 Å². The zero-order chi connectivity index (χ0) is 22.0. The van der Waals surface area contributed by atoms with E-state index in [2.05, 4.69) is 20.5 Å². The number of ether oxygens (including phenoxy) is 2. The van der Waals surface area contributed by atoms with Crippen molar-refractivity contribution in [2.24, 2.45) is 0 Å². The molecule has 2 heterocycles. The van der Waals surface area contributed by atoms with E-state index in [1.807, 2.05) is 7.05 Å². The summed E-state index contributed by atoms with van der Waals surface area (Å²) in [5.41, 5.74) is 0.273. The molecule has 0 aliphatic heterocycles. The van der Waals surface area contributed by atoms with E-state index in [0.717, 1.165) is 25.3 Å². The average Bonchev–Trinajstić information content (AvgIpc) is 3.27. The summed E-state index contributed by atoms with van der Waals surface area (Å²) in [5.74, 6) is 0.494. The van der Waals surface area contributed by atoms with Gasteiger partial charge in [0.25, 0.3) is 0 Å². The Labute approximate surface area is 171 Å². The minimum absolute atomic E-state index is 0.194. The second-order valence-electron chi connectivity index (χ2n) is 5.89. The molecule has 0 unspecified atom stereocenters. The van der Waals surface area contributed by atoms with Crippen LogP contribution in [0.3, 0.4) is 0 Å². The van der Waals surface area contributed by atoms with E-state index < -0.39 is 11.7 Å². The van der Waals surface area contributed by atoms with Gasteiger partial charge < -0.3 is 14.8 Å². The number of likely N-dealkylation sites (N-methyl/N-ethyl adjacent to an activating group) is 1. The van der Waals surface area contributed by atoms with Gasteiger partial charge in [0, 0.05) is 19.9 Å². The lowest BCUT2D eigenvalue weighted by Crippen LogP contribution is -2.12. The minimum Gasteiger partial charge on any atom is -0.455 e. The summed E-state index contributed by atoms with van der Waals surface area (Å²) in [6.45, 7) is 1.74. The molecule has 0 bridgehead atoms. The van der Waals surface area contributed by atoms with Gasteiger partial charge in [0.2, 0.25) is 0 Å². The number of hydrogen-bond donors (Lipinski definition) is 2. The minimum atomic E-state index is -4.41. The molecule has 0 saturated carbocycles. The fraction of sp³-hybridized carbons (Fsp3) is 0.250. The summed E-state index contributed by atoms with van der Waals surface area (Å²) in [7, 11) is 3.59. The lowest BCUT2D eigenvalue weighted by atomic mass is 10.2. The van der Waals surface area contributed by atoms with Gasteiger partial charge in [-0.05, 0) is 49.5 Å². The topological polar surface area (TPSA) is 89.1 Å². The molecule has 0 aliphatic rings. The van der Waals surface area contributed by atoms with Crippen LogP contribution in [-0.2, 0) is 10.9 Å². The van der Waals surface area contributed by atoms with E-state index in [-0.39, 0.29) is 17.2 Å². The van der Waals surface area contributed by atoms with Gasteiger partial charge in [-0.15, -0.1) is 0 Å². The van der Waals surface area contributed by atoms with Crippen molar-refractivity contribution in [2.45, 2.75) is 6.18 Å². The van der Waals surface area contributed by atoms with Crippen LogP contribution in [0.5, 0.6) is 11.5 Å². The third-order valence-corrected chi connectivity index (χ3v) is 3.72. The molecule has 3 aromatic rings. The molecule has 0 saturated heterocycles. The van der Waals surface area contributed by atoms with Gasteiger partial charge in [-0.2, -0.15) is 18.3 Å². The Bertz CT molecular complexity index is 910. The first-order valence-corrected chi connectivity index (χ1v) is 8.83. The standard InChI is InChI=1S/C16H10F3N3O2.C4H11NO/c17-16(18,19)10-1-4-12(5-2-10)24-14-6-3-11(9-23)21-15(14)13-7-8-20-22-13;1-5-3-4-6-2/h1-9H,(H,20,22);5H,3-4H2,1-2H3. The number of benzene rings is 1. The van der Waals surface area contributed by atoms with E-state index >= 15 is 0 Å². The number of pyridine rings is 1. The van der Waals surface area contributed by atoms with Crippen LogP contribution in [0.15, 0.2) is 48.7 Å². The molecule has 0 spiro atoms. The Balaban J connectivity index is 0.000000469. The molecule has 0 fully saturated rings. The quantitative estimate of drug-likeness (QED) is 0.443. The van der Waals surface area contributed by atoms with Gasteiger partial charge >= 0.3 is 6.18 Å². The second-order valence-corrected chi connectivity index (χ2v) is 5.89. The average molecular weight is 422 g/mol. The Morgan fingerprint density at radius 3 is 2.37 bits per heavy atom. The Kier molecular flexibility index (Phi) is 8.51. The van der Waals surface area contributed by atoms with Crippen LogP contribution < -0.4 is 10.1 Å². The highest BCUT2D eigenvalue weighted by Gasteiger charge is 2.30. The molecule has 160 valence electrons. The van der Waals surface area contributed by atoms with E-state index in [1.165, 1.54) is 30.5 Å². The fourth-order valence-corrected chi connectivity index (χ4v) is 2.23. The Hall–Kier alpha value is -3.24. The van der Waals surface area contributed by atoms with Crippen LogP contribution in [0.4, 0.5) is 13.2 Å². The number of aromatic nitrogens is 3. The van der Waals surface area contributed by atoms with Crippen molar-refractivity contribution in [1.82, 2.24) is 20.5 Å². The zero-order valence-electron chi connectivity index (χ0n) is 16.4. The van der Waals surface area contributed by atoms with E-state index in [9.17, 15) is 18.0 Å². The molecular formula is C20H21F3N4O3. The first kappa shape index (κ1) is 23.0. The van der Waals surface area contributed by atoms with E-state index in [4.69, 9.17) is 9.47 Å². The van der Waals surface area contributed by atoms with Gasteiger partial charge in [-0.1, -0.05) is 0 Å². The van der Waals surface area contributed by atoms with Crippen molar-refractivity contribution >= 4 is 6.29 Å². The van der Waals surface area contributed by atoms with Crippen molar-refractivity contribution in [3.63, 3.8) is 0 Å². The summed E-state index contributed by atoms with van der Waals surface area (Å²) in [5, 5.41) is 9.45. The molecule has 30 heavy (non-hydrogen) atoms. The first-order chi connectivity index (χ1) is 14.4. The summed E-state index contributed by atoms with van der Waals surface area (Å²) < 4.78 is 48.1. The number of nitrogens with zero attached hydrogens (tertiary/aromatic N) is 2. The van der Waals surface area contributed by atoms with Crippen molar-refractivity contribution < 1.29 is 27.4 Å². The third-order valence-electron chi connectivity index (χ3n) is 3.72. The Morgan fingerprint density at radius 1 is 1.13 bits per heavy atom. The molecule has 1 aromatic carbocycles. The van der Waals surface area contributed by atoms with Crippen molar-refractivity contribution in [2.75, 3.05) is 27.3 Å². The molecule has 2 aromatic heterocycles. The molecule has 0 aliphatic carbocycles. The van der Waals surface area contributed by atoms with Crippen LogP contribution >= 0.6 is 0 Å². The molecule has 3 rings (SSSR count). The van der Waals surface area contributed by atoms with E-state index in [1.54, 1.807) is 13.2 Å². The summed E-state index contributed by atoms with van der Waals surface area (Å²) >= 11 is 0. The van der Waals surface area contributed by atoms with Gasteiger partial charge in [0.1, 0.15) is 17.1 Å². The number of carbonyl (C=O) groups excluding carboxylic acids is 1. The van der Waals surface area contributed by atoms with Gasteiger partial charge in [0.15, 0.2) is 12.0 Å². The number of aldehydes is 1. The number of nitrogens with one attached hydrogen (secondary N) is 2. The van der Waals surface area contributed by atoms with Crippen molar-refractivity contribution in [3.8, 4) is 22.9 Å². The van der Waals surface area contributed by atoms with E-state index in [0.29, 0.717) is 17.7 Å². The van der Waals surface area contributed by atoms with Crippen LogP contribution in [0.25, 0.3) is 11.4 Å². The maximum atomic E-state index is 12.6. The highest BCUT2D eigenvalue weighted by molar-refractivity contribution is 5.75. The number of alkyl halides is 3.